The third kappa shape index (κ3) is 4.36. The molecule has 0 unspecified atom stereocenters. The Bertz CT molecular complexity index is 610. The van der Waals surface area contributed by atoms with Crippen LogP contribution in [0.1, 0.15) is 17.5 Å². The molecule has 0 aliphatic heterocycles. The van der Waals surface area contributed by atoms with Gasteiger partial charge in [0.1, 0.15) is 0 Å². The van der Waals surface area contributed by atoms with E-state index in [0.29, 0.717) is 17.1 Å². The quantitative estimate of drug-likeness (QED) is 0.826. The third-order valence-corrected chi connectivity index (χ3v) is 3.79. The van der Waals surface area contributed by atoms with Gasteiger partial charge in [0.25, 0.3) is 0 Å². The highest BCUT2D eigenvalue weighted by atomic mass is 79.9. The standard InChI is InChI=1S/C16H15BrClNO/c1-11-2-4-12(5-3-11)6-9-16(20)19-15-10-13(17)7-8-14(15)18/h2-5,7-8,10H,6,9H2,1H3,(H,19,20). The number of hydrogen-bond acceptors (Lipinski definition) is 1. The number of amides is 1. The van der Waals surface area contributed by atoms with Crippen molar-refractivity contribution in [3.05, 3.63) is 63.1 Å². The average Bonchev–Trinajstić information content (AvgIpc) is 2.42. The van der Waals surface area contributed by atoms with Gasteiger partial charge < -0.3 is 5.32 Å². The first-order valence-electron chi connectivity index (χ1n) is 6.35. The Morgan fingerprint density at radius 1 is 1.20 bits per heavy atom. The Hall–Kier alpha value is -1.32. The molecule has 0 atom stereocenters. The maximum Gasteiger partial charge on any atom is 0.224 e. The molecule has 0 aliphatic rings. The van der Waals surface area contributed by atoms with Gasteiger partial charge in [-0.3, -0.25) is 4.79 Å². The summed E-state index contributed by atoms with van der Waals surface area (Å²) in [5.41, 5.74) is 3.01. The summed E-state index contributed by atoms with van der Waals surface area (Å²) in [6, 6.07) is 13.6. The van der Waals surface area contributed by atoms with E-state index in [0.717, 1.165) is 16.5 Å². The molecule has 0 heterocycles. The van der Waals surface area contributed by atoms with Crippen LogP contribution < -0.4 is 5.32 Å². The monoisotopic (exact) mass is 351 g/mol. The fourth-order valence-corrected chi connectivity index (χ4v) is 2.34. The van der Waals surface area contributed by atoms with E-state index in [1.54, 1.807) is 12.1 Å². The lowest BCUT2D eigenvalue weighted by atomic mass is 10.1. The number of halogens is 2. The molecule has 0 aliphatic carbocycles. The lowest BCUT2D eigenvalue weighted by molar-refractivity contribution is -0.116. The number of nitrogens with one attached hydrogen (secondary N) is 1. The summed E-state index contributed by atoms with van der Waals surface area (Å²) in [6.45, 7) is 2.05. The normalized spacial score (nSPS) is 10.3. The highest BCUT2D eigenvalue weighted by molar-refractivity contribution is 9.10. The van der Waals surface area contributed by atoms with Gasteiger partial charge in [0.15, 0.2) is 0 Å². The van der Waals surface area contributed by atoms with Gasteiger partial charge in [-0.05, 0) is 37.1 Å². The van der Waals surface area contributed by atoms with Crippen LogP contribution >= 0.6 is 27.5 Å². The second kappa shape index (κ2) is 6.91. The van der Waals surface area contributed by atoms with Crippen LogP contribution in [0.3, 0.4) is 0 Å². The highest BCUT2D eigenvalue weighted by Gasteiger charge is 2.06. The summed E-state index contributed by atoms with van der Waals surface area (Å²) in [7, 11) is 0. The van der Waals surface area contributed by atoms with Crippen molar-refractivity contribution < 1.29 is 4.79 Å². The van der Waals surface area contributed by atoms with Crippen molar-refractivity contribution in [2.75, 3.05) is 5.32 Å². The molecule has 2 nitrogen and oxygen atoms in total. The van der Waals surface area contributed by atoms with Gasteiger partial charge in [0.05, 0.1) is 10.7 Å². The maximum absolute atomic E-state index is 11.9. The predicted octanol–water partition coefficient (Wildman–Crippen LogP) is 4.98. The smallest absolute Gasteiger partial charge is 0.224 e. The van der Waals surface area contributed by atoms with Crippen LogP contribution in [0.4, 0.5) is 5.69 Å². The average molecular weight is 353 g/mol. The molecule has 0 fully saturated rings. The minimum absolute atomic E-state index is 0.0365. The van der Waals surface area contributed by atoms with Crippen molar-refractivity contribution >= 4 is 39.1 Å². The first kappa shape index (κ1) is 15.1. The molecule has 0 saturated heterocycles. The summed E-state index contributed by atoms with van der Waals surface area (Å²) in [6.07, 6.45) is 1.16. The molecule has 0 aromatic heterocycles. The summed E-state index contributed by atoms with van der Waals surface area (Å²) in [4.78, 5) is 11.9. The Morgan fingerprint density at radius 3 is 2.60 bits per heavy atom. The number of aryl methyl sites for hydroxylation is 2. The molecule has 2 rings (SSSR count). The predicted molar refractivity (Wildman–Crippen MR) is 87.3 cm³/mol. The Balaban J connectivity index is 1.92. The van der Waals surface area contributed by atoms with E-state index >= 15 is 0 Å². The molecule has 20 heavy (non-hydrogen) atoms. The van der Waals surface area contributed by atoms with Gasteiger partial charge in [-0.25, -0.2) is 0 Å². The number of benzene rings is 2. The first-order valence-corrected chi connectivity index (χ1v) is 7.52. The molecule has 104 valence electrons. The number of hydrogen-bond donors (Lipinski definition) is 1. The number of anilines is 1. The van der Waals surface area contributed by atoms with Crippen LogP contribution in [0, 0.1) is 6.92 Å². The third-order valence-electron chi connectivity index (χ3n) is 2.96. The molecule has 0 bridgehead atoms. The Morgan fingerprint density at radius 2 is 1.90 bits per heavy atom. The molecule has 0 saturated carbocycles. The van der Waals surface area contributed by atoms with Gasteiger partial charge in [0.2, 0.25) is 5.91 Å². The van der Waals surface area contributed by atoms with Gasteiger partial charge in [-0.2, -0.15) is 0 Å². The van der Waals surface area contributed by atoms with E-state index in [-0.39, 0.29) is 5.91 Å². The minimum atomic E-state index is -0.0365. The Kier molecular flexibility index (Phi) is 5.21. The van der Waals surface area contributed by atoms with E-state index in [4.69, 9.17) is 11.6 Å². The van der Waals surface area contributed by atoms with Crippen molar-refractivity contribution in [1.82, 2.24) is 0 Å². The summed E-state index contributed by atoms with van der Waals surface area (Å²) < 4.78 is 0.885. The van der Waals surface area contributed by atoms with Crippen LogP contribution in [-0.2, 0) is 11.2 Å². The molecular weight excluding hydrogens is 338 g/mol. The fourth-order valence-electron chi connectivity index (χ4n) is 1.82. The van der Waals surface area contributed by atoms with Crippen molar-refractivity contribution in [2.24, 2.45) is 0 Å². The topological polar surface area (TPSA) is 29.1 Å². The zero-order valence-electron chi connectivity index (χ0n) is 11.1. The van der Waals surface area contributed by atoms with Crippen LogP contribution in [0.5, 0.6) is 0 Å². The zero-order chi connectivity index (χ0) is 14.5. The van der Waals surface area contributed by atoms with E-state index in [1.165, 1.54) is 5.56 Å². The van der Waals surface area contributed by atoms with Crippen LogP contribution in [-0.4, -0.2) is 5.91 Å². The van der Waals surface area contributed by atoms with Crippen LogP contribution in [0.25, 0.3) is 0 Å². The molecule has 2 aromatic carbocycles. The molecule has 1 amide bonds. The second-order valence-electron chi connectivity index (χ2n) is 4.66. The number of carbonyl (C=O) groups excluding carboxylic acids is 1. The number of carbonyl (C=O) groups is 1. The van der Waals surface area contributed by atoms with E-state index in [1.807, 2.05) is 13.0 Å². The van der Waals surface area contributed by atoms with E-state index in [9.17, 15) is 4.79 Å². The van der Waals surface area contributed by atoms with Crippen molar-refractivity contribution in [3.8, 4) is 0 Å². The number of rotatable bonds is 4. The highest BCUT2D eigenvalue weighted by Crippen LogP contribution is 2.25. The SMILES string of the molecule is Cc1ccc(CCC(=O)Nc2cc(Br)ccc2Cl)cc1. The molecule has 4 heteroatoms. The summed E-state index contributed by atoms with van der Waals surface area (Å²) in [5, 5.41) is 3.37. The summed E-state index contributed by atoms with van der Waals surface area (Å²) >= 11 is 9.40. The maximum atomic E-state index is 11.9. The molecule has 0 spiro atoms. The lowest BCUT2D eigenvalue weighted by Gasteiger charge is -2.08. The molecule has 1 N–H and O–H groups in total. The van der Waals surface area contributed by atoms with Crippen molar-refractivity contribution in [3.63, 3.8) is 0 Å². The van der Waals surface area contributed by atoms with E-state index in [2.05, 4.69) is 45.5 Å². The van der Waals surface area contributed by atoms with Crippen LogP contribution in [0.2, 0.25) is 5.02 Å². The summed E-state index contributed by atoms with van der Waals surface area (Å²) in [5.74, 6) is -0.0365. The molecular formula is C16H15BrClNO. The largest absolute Gasteiger partial charge is 0.325 e. The van der Waals surface area contributed by atoms with Crippen molar-refractivity contribution in [1.29, 1.82) is 0 Å². The lowest BCUT2D eigenvalue weighted by Crippen LogP contribution is -2.12. The van der Waals surface area contributed by atoms with E-state index < -0.39 is 0 Å². The van der Waals surface area contributed by atoms with Crippen molar-refractivity contribution in [2.45, 2.75) is 19.8 Å². The van der Waals surface area contributed by atoms with Gasteiger partial charge in [-0.1, -0.05) is 57.4 Å². The van der Waals surface area contributed by atoms with Gasteiger partial charge in [-0.15, -0.1) is 0 Å². The molecule has 0 radical (unpaired) electrons. The fraction of sp³-hybridized carbons (Fsp3) is 0.188. The van der Waals surface area contributed by atoms with Gasteiger partial charge in [0, 0.05) is 10.9 Å². The van der Waals surface area contributed by atoms with Crippen LogP contribution in [0.15, 0.2) is 46.9 Å². The zero-order valence-corrected chi connectivity index (χ0v) is 13.5. The Labute approximate surface area is 132 Å². The second-order valence-corrected chi connectivity index (χ2v) is 5.98. The minimum Gasteiger partial charge on any atom is -0.325 e. The molecule has 2 aromatic rings. The first-order chi connectivity index (χ1) is 9.54. The van der Waals surface area contributed by atoms with Gasteiger partial charge >= 0.3 is 0 Å².